The van der Waals surface area contributed by atoms with E-state index in [1.54, 1.807) is 7.11 Å². The molecule has 1 aliphatic carbocycles. The zero-order valence-electron chi connectivity index (χ0n) is 11.4. The first-order valence-corrected chi connectivity index (χ1v) is 7.50. The third-order valence-corrected chi connectivity index (χ3v) is 4.56. The van der Waals surface area contributed by atoms with E-state index in [1.807, 2.05) is 25.2 Å². The van der Waals surface area contributed by atoms with E-state index in [0.717, 1.165) is 41.5 Å². The predicted molar refractivity (Wildman–Crippen MR) is 79.8 cm³/mol. The Balaban J connectivity index is 2.06. The van der Waals surface area contributed by atoms with Crippen molar-refractivity contribution in [3.05, 3.63) is 28.2 Å². The van der Waals surface area contributed by atoms with Crippen LogP contribution in [-0.4, -0.2) is 26.0 Å². The lowest BCUT2D eigenvalue weighted by atomic mass is 9.81. The molecule has 0 radical (unpaired) electrons. The fraction of sp³-hybridized carbons (Fsp3) is 0.533. The summed E-state index contributed by atoms with van der Waals surface area (Å²) in [6.45, 7) is 0. The zero-order chi connectivity index (χ0) is 13.8. The number of methoxy groups -OCH3 is 1. The second-order valence-corrected chi connectivity index (χ2v) is 5.91. The molecule has 19 heavy (non-hydrogen) atoms. The van der Waals surface area contributed by atoms with Gasteiger partial charge in [0.05, 0.1) is 11.6 Å². The summed E-state index contributed by atoms with van der Waals surface area (Å²) in [5.74, 6) is 1.19. The van der Waals surface area contributed by atoms with Crippen LogP contribution in [0.2, 0.25) is 0 Å². The van der Waals surface area contributed by atoms with Gasteiger partial charge in [0.1, 0.15) is 5.75 Å². The van der Waals surface area contributed by atoms with E-state index in [0.29, 0.717) is 6.04 Å². The lowest BCUT2D eigenvalue weighted by Crippen LogP contribution is -2.32. The number of halogens is 1. The van der Waals surface area contributed by atoms with Gasteiger partial charge in [-0.15, -0.1) is 0 Å². The molecule has 4 heteroatoms. The van der Waals surface area contributed by atoms with E-state index in [4.69, 9.17) is 4.74 Å². The third kappa shape index (κ3) is 3.37. The van der Waals surface area contributed by atoms with Crippen LogP contribution in [0.3, 0.4) is 0 Å². The molecule has 0 spiro atoms. The van der Waals surface area contributed by atoms with Crippen LogP contribution in [0, 0.1) is 5.92 Å². The maximum absolute atomic E-state index is 12.5. The minimum atomic E-state index is 0.171. The van der Waals surface area contributed by atoms with Crippen molar-refractivity contribution in [2.75, 3.05) is 14.2 Å². The fourth-order valence-electron chi connectivity index (χ4n) is 2.70. The summed E-state index contributed by atoms with van der Waals surface area (Å²) in [5.41, 5.74) is 0.778. The second kappa shape index (κ2) is 6.53. The molecule has 1 aromatic rings. The highest BCUT2D eigenvalue weighted by atomic mass is 79.9. The molecule has 1 saturated carbocycles. The van der Waals surface area contributed by atoms with Gasteiger partial charge in [-0.25, -0.2) is 0 Å². The van der Waals surface area contributed by atoms with Gasteiger partial charge >= 0.3 is 0 Å². The van der Waals surface area contributed by atoms with Crippen molar-refractivity contribution in [1.29, 1.82) is 0 Å². The molecular formula is C15H20BrNO2. The number of benzene rings is 1. The average molecular weight is 326 g/mol. The monoisotopic (exact) mass is 325 g/mol. The van der Waals surface area contributed by atoms with E-state index >= 15 is 0 Å². The topological polar surface area (TPSA) is 38.3 Å². The van der Waals surface area contributed by atoms with E-state index < -0.39 is 0 Å². The van der Waals surface area contributed by atoms with Crippen LogP contribution in [0.25, 0.3) is 0 Å². The molecule has 104 valence electrons. The van der Waals surface area contributed by atoms with Gasteiger partial charge in [0, 0.05) is 17.5 Å². The molecule has 0 bridgehead atoms. The van der Waals surface area contributed by atoms with Crippen LogP contribution in [-0.2, 0) is 0 Å². The molecule has 1 aliphatic rings. The number of carbonyl (C=O) groups is 1. The van der Waals surface area contributed by atoms with Crippen molar-refractivity contribution < 1.29 is 9.53 Å². The summed E-state index contributed by atoms with van der Waals surface area (Å²) in [6.07, 6.45) is 4.14. The van der Waals surface area contributed by atoms with Crippen LogP contribution in [0.5, 0.6) is 5.75 Å². The lowest BCUT2D eigenvalue weighted by Gasteiger charge is -2.27. The summed E-state index contributed by atoms with van der Waals surface area (Å²) in [6, 6.07) is 6.14. The highest BCUT2D eigenvalue weighted by molar-refractivity contribution is 9.10. The molecule has 0 atom stereocenters. The normalized spacial score (nSPS) is 23.1. The minimum absolute atomic E-state index is 0.171. The first-order chi connectivity index (χ1) is 9.15. The van der Waals surface area contributed by atoms with Gasteiger partial charge in [0.2, 0.25) is 0 Å². The molecule has 0 amide bonds. The smallest absolute Gasteiger partial charge is 0.165 e. The van der Waals surface area contributed by atoms with Gasteiger partial charge in [-0.05, 0) is 66.9 Å². The molecule has 0 heterocycles. The Labute approximate surface area is 122 Å². The highest BCUT2D eigenvalue weighted by Gasteiger charge is 2.26. The van der Waals surface area contributed by atoms with Crippen molar-refractivity contribution in [1.82, 2.24) is 5.32 Å². The Bertz CT molecular complexity index is 453. The minimum Gasteiger partial charge on any atom is -0.496 e. The van der Waals surface area contributed by atoms with Crippen molar-refractivity contribution >= 4 is 21.7 Å². The van der Waals surface area contributed by atoms with E-state index in [9.17, 15) is 4.79 Å². The van der Waals surface area contributed by atoms with Crippen molar-refractivity contribution in [2.24, 2.45) is 5.92 Å². The molecule has 0 saturated heterocycles. The number of hydrogen-bond acceptors (Lipinski definition) is 3. The number of nitrogens with one attached hydrogen (secondary N) is 1. The lowest BCUT2D eigenvalue weighted by molar-refractivity contribution is 0.0880. The molecule has 0 aliphatic heterocycles. The first kappa shape index (κ1) is 14.5. The summed E-state index contributed by atoms with van der Waals surface area (Å²) in [7, 11) is 3.62. The second-order valence-electron chi connectivity index (χ2n) is 5.05. The Morgan fingerprint density at radius 2 is 2.00 bits per heavy atom. The van der Waals surface area contributed by atoms with E-state index in [2.05, 4.69) is 21.2 Å². The van der Waals surface area contributed by atoms with Gasteiger partial charge in [-0.3, -0.25) is 4.79 Å². The SMILES string of the molecule is CNC1CCC(C(=O)c2ccc(OC)c(Br)c2)CC1. The highest BCUT2D eigenvalue weighted by Crippen LogP contribution is 2.30. The van der Waals surface area contributed by atoms with E-state index in [1.165, 1.54) is 0 Å². The fourth-order valence-corrected chi connectivity index (χ4v) is 3.24. The van der Waals surface area contributed by atoms with E-state index in [-0.39, 0.29) is 11.7 Å². The summed E-state index contributed by atoms with van der Waals surface area (Å²) >= 11 is 3.43. The number of rotatable bonds is 4. The summed E-state index contributed by atoms with van der Waals surface area (Å²) < 4.78 is 6.03. The number of Topliss-reactive ketones (excluding diaryl/α,β-unsaturated/α-hetero) is 1. The van der Waals surface area contributed by atoms with Gasteiger partial charge in [0.25, 0.3) is 0 Å². The molecule has 0 unspecified atom stereocenters. The van der Waals surface area contributed by atoms with Crippen molar-refractivity contribution in [2.45, 2.75) is 31.7 Å². The van der Waals surface area contributed by atoms with Crippen molar-refractivity contribution in [3.8, 4) is 5.75 Å². The molecule has 3 nitrogen and oxygen atoms in total. The van der Waals surface area contributed by atoms with Crippen LogP contribution < -0.4 is 10.1 Å². The predicted octanol–water partition coefficient (Wildman–Crippen LogP) is 3.42. The van der Waals surface area contributed by atoms with Gasteiger partial charge in [0.15, 0.2) is 5.78 Å². The third-order valence-electron chi connectivity index (χ3n) is 3.94. The Kier molecular flexibility index (Phi) is 4.99. The van der Waals surface area contributed by atoms with Crippen LogP contribution in [0.4, 0.5) is 0 Å². The quantitative estimate of drug-likeness (QED) is 0.862. The number of ketones is 1. The average Bonchev–Trinajstić information content (AvgIpc) is 2.46. The molecule has 1 N–H and O–H groups in total. The van der Waals surface area contributed by atoms with Gasteiger partial charge < -0.3 is 10.1 Å². The molecule has 2 rings (SSSR count). The van der Waals surface area contributed by atoms with Gasteiger partial charge in [-0.2, -0.15) is 0 Å². The molecule has 0 aromatic heterocycles. The summed E-state index contributed by atoms with van der Waals surface area (Å²) in [4.78, 5) is 12.5. The Morgan fingerprint density at radius 3 is 2.53 bits per heavy atom. The number of hydrogen-bond donors (Lipinski definition) is 1. The largest absolute Gasteiger partial charge is 0.496 e. The standard InChI is InChI=1S/C15H20BrNO2/c1-17-12-6-3-10(4-7-12)15(18)11-5-8-14(19-2)13(16)9-11/h5,8-10,12,17H,3-4,6-7H2,1-2H3. The maximum atomic E-state index is 12.5. The first-order valence-electron chi connectivity index (χ1n) is 6.70. The number of ether oxygens (including phenoxy) is 1. The van der Waals surface area contributed by atoms with Gasteiger partial charge in [-0.1, -0.05) is 0 Å². The summed E-state index contributed by atoms with van der Waals surface area (Å²) in [5, 5.41) is 3.29. The molecule has 1 fully saturated rings. The van der Waals surface area contributed by atoms with Crippen LogP contribution in [0.15, 0.2) is 22.7 Å². The van der Waals surface area contributed by atoms with Crippen molar-refractivity contribution in [3.63, 3.8) is 0 Å². The van der Waals surface area contributed by atoms with Crippen LogP contribution >= 0.6 is 15.9 Å². The Hall–Kier alpha value is -0.870. The maximum Gasteiger partial charge on any atom is 0.165 e. The zero-order valence-corrected chi connectivity index (χ0v) is 13.0. The molecular weight excluding hydrogens is 306 g/mol. The van der Waals surface area contributed by atoms with Crippen LogP contribution in [0.1, 0.15) is 36.0 Å². The number of carbonyl (C=O) groups excluding carboxylic acids is 1. The Morgan fingerprint density at radius 1 is 1.32 bits per heavy atom. The molecule has 1 aromatic carbocycles.